The predicted octanol–water partition coefficient (Wildman–Crippen LogP) is 0.632. The largest absolute Gasteiger partial charge is 0.391 e. The van der Waals surface area contributed by atoms with E-state index >= 15 is 0 Å². The van der Waals surface area contributed by atoms with Gasteiger partial charge in [0.05, 0.1) is 23.7 Å². The summed E-state index contributed by atoms with van der Waals surface area (Å²) in [6.45, 7) is 7.68. The second kappa shape index (κ2) is 4.65. The first-order valence-corrected chi connectivity index (χ1v) is 8.66. The van der Waals surface area contributed by atoms with E-state index < -0.39 is 46.9 Å². The van der Waals surface area contributed by atoms with Gasteiger partial charge in [-0.2, -0.15) is 0 Å². The molecule has 0 aromatic heterocycles. The van der Waals surface area contributed by atoms with Gasteiger partial charge in [0.15, 0.2) is 11.6 Å². The molecule has 0 aromatic rings. The van der Waals surface area contributed by atoms with Crippen molar-refractivity contribution in [3.63, 3.8) is 0 Å². The van der Waals surface area contributed by atoms with Crippen LogP contribution in [-0.4, -0.2) is 45.2 Å². The molecule has 0 amide bonds. The van der Waals surface area contributed by atoms with Gasteiger partial charge < -0.3 is 15.3 Å². The number of allylic oxidation sites excluding steroid dienone is 2. The molecule has 3 N–H and O–H groups in total. The number of hydrogen-bond donors (Lipinski definition) is 3. The normalized spacial score (nSPS) is 52.2. The van der Waals surface area contributed by atoms with E-state index in [4.69, 9.17) is 0 Å². The van der Waals surface area contributed by atoms with E-state index in [0.29, 0.717) is 18.4 Å². The standard InChI is InChI=1S/C19H24O5/c1-8-9-4-5-10-12-11(20)6-7-18(2,3)13(12)14(21)17(24)19(10,15(8)22)16(9)23/h6-7,9-10,12-14,16-17,21,23-24H,1,4-5H2,2-3H3. The van der Waals surface area contributed by atoms with Crippen molar-refractivity contribution < 1.29 is 24.9 Å². The lowest BCUT2D eigenvalue weighted by Crippen LogP contribution is -2.69. The number of aliphatic hydroxyl groups is 3. The highest BCUT2D eigenvalue weighted by molar-refractivity contribution is 6.05. The molecule has 5 heteroatoms. The van der Waals surface area contributed by atoms with Gasteiger partial charge in [0.25, 0.3) is 0 Å². The Morgan fingerprint density at radius 3 is 2.46 bits per heavy atom. The van der Waals surface area contributed by atoms with Gasteiger partial charge in [0.2, 0.25) is 0 Å². The molecular weight excluding hydrogens is 308 g/mol. The molecule has 4 rings (SSSR count). The smallest absolute Gasteiger partial charge is 0.170 e. The van der Waals surface area contributed by atoms with Gasteiger partial charge in [-0.1, -0.05) is 26.5 Å². The summed E-state index contributed by atoms with van der Waals surface area (Å²) in [6, 6.07) is 0. The molecule has 2 bridgehead atoms. The fraction of sp³-hybridized carbons (Fsp3) is 0.684. The van der Waals surface area contributed by atoms with Crippen LogP contribution >= 0.6 is 0 Å². The first-order chi connectivity index (χ1) is 11.2. The van der Waals surface area contributed by atoms with Gasteiger partial charge in [-0.05, 0) is 35.8 Å². The second-order valence-electron chi connectivity index (χ2n) is 8.57. The molecule has 24 heavy (non-hydrogen) atoms. The quantitative estimate of drug-likeness (QED) is 0.566. The molecule has 4 aliphatic carbocycles. The van der Waals surface area contributed by atoms with Crippen LogP contribution in [0.1, 0.15) is 26.7 Å². The Hall–Kier alpha value is -1.30. The lowest BCUT2D eigenvalue weighted by Gasteiger charge is -2.59. The van der Waals surface area contributed by atoms with E-state index in [2.05, 4.69) is 6.58 Å². The van der Waals surface area contributed by atoms with Crippen LogP contribution in [0.25, 0.3) is 0 Å². The number of rotatable bonds is 0. The maximum atomic E-state index is 13.0. The first kappa shape index (κ1) is 16.2. The maximum Gasteiger partial charge on any atom is 0.170 e. The van der Waals surface area contributed by atoms with Crippen molar-refractivity contribution in [2.45, 2.75) is 45.0 Å². The molecule has 3 saturated carbocycles. The summed E-state index contributed by atoms with van der Waals surface area (Å²) in [5, 5.41) is 32.7. The predicted molar refractivity (Wildman–Crippen MR) is 85.7 cm³/mol. The van der Waals surface area contributed by atoms with E-state index in [0.717, 1.165) is 0 Å². The summed E-state index contributed by atoms with van der Waals surface area (Å²) in [7, 11) is 0. The number of aliphatic hydroxyl groups excluding tert-OH is 3. The van der Waals surface area contributed by atoms with Gasteiger partial charge in [-0.25, -0.2) is 0 Å². The third-order valence-corrected chi connectivity index (χ3v) is 7.27. The Labute approximate surface area is 141 Å². The molecule has 0 aliphatic heterocycles. The van der Waals surface area contributed by atoms with Crippen LogP contribution in [0.15, 0.2) is 24.3 Å². The Kier molecular flexibility index (Phi) is 3.14. The number of hydrogen-bond acceptors (Lipinski definition) is 5. The third kappa shape index (κ3) is 1.56. The van der Waals surface area contributed by atoms with E-state index in [1.54, 1.807) is 6.08 Å². The van der Waals surface area contributed by atoms with Crippen LogP contribution in [0.2, 0.25) is 0 Å². The summed E-state index contributed by atoms with van der Waals surface area (Å²) >= 11 is 0. The fourth-order valence-corrected chi connectivity index (χ4v) is 6.17. The number of carbonyl (C=O) groups is 2. The van der Waals surface area contributed by atoms with Crippen LogP contribution in [0.4, 0.5) is 0 Å². The molecule has 4 aliphatic rings. The number of ketones is 2. The fourth-order valence-electron chi connectivity index (χ4n) is 6.17. The molecule has 0 saturated heterocycles. The van der Waals surface area contributed by atoms with Gasteiger partial charge in [-0.15, -0.1) is 0 Å². The first-order valence-electron chi connectivity index (χ1n) is 8.66. The van der Waals surface area contributed by atoms with Crippen molar-refractivity contribution >= 4 is 11.6 Å². The van der Waals surface area contributed by atoms with Crippen molar-refractivity contribution in [1.29, 1.82) is 0 Å². The molecule has 0 radical (unpaired) electrons. The Morgan fingerprint density at radius 2 is 1.79 bits per heavy atom. The van der Waals surface area contributed by atoms with Gasteiger partial charge in [0, 0.05) is 17.8 Å². The Bertz CT molecular complexity index is 677. The molecule has 1 spiro atoms. The van der Waals surface area contributed by atoms with Crippen LogP contribution < -0.4 is 0 Å². The van der Waals surface area contributed by atoms with Crippen LogP contribution in [0.3, 0.4) is 0 Å². The lowest BCUT2D eigenvalue weighted by atomic mass is 9.45. The van der Waals surface area contributed by atoms with E-state index in [1.807, 2.05) is 13.8 Å². The summed E-state index contributed by atoms with van der Waals surface area (Å²) < 4.78 is 0. The zero-order valence-corrected chi connectivity index (χ0v) is 14.0. The van der Waals surface area contributed by atoms with Crippen LogP contribution in [0, 0.1) is 34.5 Å². The highest BCUT2D eigenvalue weighted by atomic mass is 16.3. The zero-order valence-electron chi connectivity index (χ0n) is 14.0. The Morgan fingerprint density at radius 1 is 1.12 bits per heavy atom. The SMILES string of the molecule is C=C1C(=O)C23C(O)C1CCC2C1C(=O)C=CC(C)(C)C1C(O)C3O. The molecule has 0 heterocycles. The molecule has 8 unspecified atom stereocenters. The third-order valence-electron chi connectivity index (χ3n) is 7.27. The summed E-state index contributed by atoms with van der Waals surface area (Å²) in [5.74, 6) is -2.36. The van der Waals surface area contributed by atoms with Crippen LogP contribution in [-0.2, 0) is 9.59 Å². The maximum absolute atomic E-state index is 13.0. The topological polar surface area (TPSA) is 94.8 Å². The monoisotopic (exact) mass is 332 g/mol. The van der Waals surface area contributed by atoms with Crippen molar-refractivity contribution in [1.82, 2.24) is 0 Å². The van der Waals surface area contributed by atoms with E-state index in [1.165, 1.54) is 6.08 Å². The molecular formula is C19H24O5. The summed E-state index contributed by atoms with van der Waals surface area (Å²) in [6.07, 6.45) is 0.775. The number of carbonyl (C=O) groups excluding carboxylic acids is 2. The summed E-state index contributed by atoms with van der Waals surface area (Å²) in [4.78, 5) is 25.7. The zero-order chi connectivity index (χ0) is 17.6. The van der Waals surface area contributed by atoms with Crippen molar-refractivity contribution in [3.8, 4) is 0 Å². The molecule has 5 nitrogen and oxygen atoms in total. The summed E-state index contributed by atoms with van der Waals surface area (Å²) in [5.41, 5.74) is -1.63. The van der Waals surface area contributed by atoms with Crippen molar-refractivity contribution in [2.24, 2.45) is 34.5 Å². The lowest BCUT2D eigenvalue weighted by molar-refractivity contribution is -0.225. The van der Waals surface area contributed by atoms with Crippen LogP contribution in [0.5, 0.6) is 0 Å². The molecule has 130 valence electrons. The molecule has 8 atom stereocenters. The minimum absolute atomic E-state index is 0.120. The molecule has 3 fully saturated rings. The number of fused-ring (bicyclic) bond motifs is 3. The Balaban J connectivity index is 1.93. The van der Waals surface area contributed by atoms with E-state index in [9.17, 15) is 24.9 Å². The van der Waals surface area contributed by atoms with E-state index in [-0.39, 0.29) is 17.5 Å². The number of Topliss-reactive ketones (excluding diaryl/α,β-unsaturated/α-hetero) is 1. The average molecular weight is 332 g/mol. The van der Waals surface area contributed by atoms with Gasteiger partial charge in [-0.3, -0.25) is 9.59 Å². The van der Waals surface area contributed by atoms with Gasteiger partial charge in [0.1, 0.15) is 0 Å². The van der Waals surface area contributed by atoms with Crippen molar-refractivity contribution in [3.05, 3.63) is 24.3 Å². The highest BCUT2D eigenvalue weighted by Gasteiger charge is 2.73. The highest BCUT2D eigenvalue weighted by Crippen LogP contribution is 2.65. The van der Waals surface area contributed by atoms with Gasteiger partial charge >= 0.3 is 0 Å². The van der Waals surface area contributed by atoms with Crippen molar-refractivity contribution in [2.75, 3.05) is 0 Å². The average Bonchev–Trinajstić information content (AvgIpc) is 2.64. The second-order valence-corrected chi connectivity index (χ2v) is 8.57. The molecule has 0 aromatic carbocycles. The minimum Gasteiger partial charge on any atom is -0.391 e. The minimum atomic E-state index is -1.49.